The van der Waals surface area contributed by atoms with Gasteiger partial charge in [0.15, 0.2) is 0 Å². The molecule has 0 atom stereocenters. The first-order valence-corrected chi connectivity index (χ1v) is 5.08. The highest BCUT2D eigenvalue weighted by atomic mass is 16.3. The lowest BCUT2D eigenvalue weighted by Crippen LogP contribution is -2.43. The second kappa shape index (κ2) is 4.42. The zero-order valence-corrected chi connectivity index (χ0v) is 8.64. The average molecular weight is 220 g/mol. The molecular weight excluding hydrogens is 208 g/mol. The van der Waals surface area contributed by atoms with Gasteiger partial charge in [-0.3, -0.25) is 9.59 Å². The van der Waals surface area contributed by atoms with Crippen LogP contribution >= 0.6 is 0 Å². The summed E-state index contributed by atoms with van der Waals surface area (Å²) in [6, 6.07) is 6.70. The molecule has 0 saturated carbocycles. The number of hydrogen-bond donors (Lipinski definition) is 2. The number of benzene rings is 1. The fourth-order valence-corrected chi connectivity index (χ4v) is 1.60. The second-order valence-electron chi connectivity index (χ2n) is 3.48. The van der Waals surface area contributed by atoms with E-state index in [1.807, 2.05) is 0 Å². The number of carbonyl (C=O) groups is 2. The first kappa shape index (κ1) is 10.8. The monoisotopic (exact) mass is 220 g/mol. The Balaban J connectivity index is 2.15. The zero-order chi connectivity index (χ0) is 11.5. The second-order valence-corrected chi connectivity index (χ2v) is 3.48. The molecule has 2 rings (SSSR count). The summed E-state index contributed by atoms with van der Waals surface area (Å²) >= 11 is 0. The topological polar surface area (TPSA) is 69.6 Å². The van der Waals surface area contributed by atoms with Crippen molar-refractivity contribution in [3.63, 3.8) is 0 Å². The van der Waals surface area contributed by atoms with Crippen LogP contribution in [0, 0.1) is 0 Å². The van der Waals surface area contributed by atoms with Crippen molar-refractivity contribution < 1.29 is 14.7 Å². The maximum absolute atomic E-state index is 11.8. The number of hydrazine groups is 1. The van der Waals surface area contributed by atoms with E-state index in [1.54, 1.807) is 24.3 Å². The van der Waals surface area contributed by atoms with Crippen molar-refractivity contribution in [1.29, 1.82) is 0 Å². The molecule has 16 heavy (non-hydrogen) atoms. The van der Waals surface area contributed by atoms with Gasteiger partial charge in [-0.2, -0.15) is 0 Å². The van der Waals surface area contributed by atoms with Crippen LogP contribution in [-0.2, 0) is 0 Å². The van der Waals surface area contributed by atoms with E-state index >= 15 is 0 Å². The van der Waals surface area contributed by atoms with E-state index in [4.69, 9.17) is 5.11 Å². The highest BCUT2D eigenvalue weighted by molar-refractivity contribution is 6.20. The lowest BCUT2D eigenvalue weighted by atomic mass is 10.1. The molecule has 5 nitrogen and oxygen atoms in total. The molecule has 0 spiro atoms. The quantitative estimate of drug-likeness (QED) is 0.560. The van der Waals surface area contributed by atoms with E-state index in [1.165, 1.54) is 0 Å². The predicted octanol–water partition coefficient (Wildman–Crippen LogP) is 0.170. The molecule has 1 aliphatic rings. The van der Waals surface area contributed by atoms with Crippen LogP contribution in [-0.4, -0.2) is 35.1 Å². The van der Waals surface area contributed by atoms with E-state index in [0.717, 1.165) is 5.01 Å². The third-order valence-corrected chi connectivity index (χ3v) is 2.40. The van der Waals surface area contributed by atoms with Gasteiger partial charge in [-0.25, -0.2) is 10.4 Å². The van der Waals surface area contributed by atoms with Crippen molar-refractivity contribution in [3.8, 4) is 0 Å². The molecule has 1 aliphatic heterocycles. The minimum absolute atomic E-state index is 0.0240. The predicted molar refractivity (Wildman–Crippen MR) is 56.6 cm³/mol. The van der Waals surface area contributed by atoms with Gasteiger partial charge in [-0.15, -0.1) is 0 Å². The number of nitrogens with zero attached hydrogens (tertiary/aromatic N) is 1. The van der Waals surface area contributed by atoms with E-state index in [2.05, 4.69) is 5.43 Å². The van der Waals surface area contributed by atoms with Crippen LogP contribution in [0.3, 0.4) is 0 Å². The lowest BCUT2D eigenvalue weighted by Gasteiger charge is -2.14. The molecule has 84 valence electrons. The number of carbonyl (C=O) groups excluding carboxylic acids is 2. The van der Waals surface area contributed by atoms with E-state index in [9.17, 15) is 9.59 Å². The molecule has 0 saturated heterocycles. The molecule has 2 N–H and O–H groups in total. The first-order valence-electron chi connectivity index (χ1n) is 5.08. The maximum atomic E-state index is 11.8. The van der Waals surface area contributed by atoms with Crippen LogP contribution in [0.25, 0.3) is 0 Å². The van der Waals surface area contributed by atoms with Gasteiger partial charge in [0.05, 0.1) is 11.1 Å². The molecule has 5 heteroatoms. The number of amides is 2. The summed E-state index contributed by atoms with van der Waals surface area (Å²) in [6.07, 6.45) is 0.493. The molecular formula is C11H12N2O3. The van der Waals surface area contributed by atoms with Crippen molar-refractivity contribution in [2.75, 3.05) is 13.2 Å². The summed E-state index contributed by atoms with van der Waals surface area (Å²) in [5, 5.41) is 9.62. The van der Waals surface area contributed by atoms with Gasteiger partial charge in [0.25, 0.3) is 11.8 Å². The molecule has 0 fully saturated rings. The lowest BCUT2D eigenvalue weighted by molar-refractivity contribution is 0.0562. The Labute approximate surface area is 92.6 Å². The number of aliphatic hydroxyl groups excluding tert-OH is 1. The van der Waals surface area contributed by atoms with Crippen LogP contribution in [0.2, 0.25) is 0 Å². The third kappa shape index (κ3) is 1.70. The van der Waals surface area contributed by atoms with E-state index in [0.29, 0.717) is 24.1 Å². The molecule has 1 aromatic rings. The fourth-order valence-electron chi connectivity index (χ4n) is 1.60. The molecule has 0 radical (unpaired) electrons. The molecule has 0 unspecified atom stereocenters. The van der Waals surface area contributed by atoms with Crippen molar-refractivity contribution in [2.24, 2.45) is 0 Å². The average Bonchev–Trinajstić information content (AvgIpc) is 2.55. The van der Waals surface area contributed by atoms with E-state index in [-0.39, 0.29) is 18.4 Å². The van der Waals surface area contributed by atoms with Crippen molar-refractivity contribution >= 4 is 11.8 Å². The summed E-state index contributed by atoms with van der Waals surface area (Å²) in [6.45, 7) is 0.415. The summed E-state index contributed by atoms with van der Waals surface area (Å²) in [5.74, 6) is -0.669. The number of rotatable bonds is 4. The summed E-state index contributed by atoms with van der Waals surface area (Å²) in [7, 11) is 0. The molecule has 0 aliphatic carbocycles. The van der Waals surface area contributed by atoms with Gasteiger partial charge in [0.2, 0.25) is 0 Å². The highest BCUT2D eigenvalue weighted by Gasteiger charge is 2.34. The van der Waals surface area contributed by atoms with Gasteiger partial charge in [-0.05, 0) is 18.6 Å². The minimum atomic E-state index is -0.335. The van der Waals surface area contributed by atoms with Crippen molar-refractivity contribution in [1.82, 2.24) is 10.4 Å². The Bertz CT molecular complexity index is 396. The maximum Gasteiger partial charge on any atom is 0.276 e. The molecule has 1 heterocycles. The Morgan fingerprint density at radius 2 is 1.69 bits per heavy atom. The molecule has 0 aromatic heterocycles. The zero-order valence-electron chi connectivity index (χ0n) is 8.64. The fraction of sp³-hybridized carbons (Fsp3) is 0.273. The van der Waals surface area contributed by atoms with Crippen LogP contribution in [0.4, 0.5) is 0 Å². The highest BCUT2D eigenvalue weighted by Crippen LogP contribution is 2.20. The van der Waals surface area contributed by atoms with Crippen molar-refractivity contribution in [3.05, 3.63) is 35.4 Å². The Hall–Kier alpha value is -1.72. The number of imide groups is 1. The van der Waals surface area contributed by atoms with Crippen LogP contribution < -0.4 is 5.43 Å². The molecule has 2 amide bonds. The van der Waals surface area contributed by atoms with Gasteiger partial charge < -0.3 is 5.11 Å². The number of hydrogen-bond acceptors (Lipinski definition) is 4. The standard InChI is InChI=1S/C11H12N2O3/c14-7-3-6-12-13-10(15)8-4-1-2-5-9(8)11(13)16/h1-2,4-5,12,14H,3,6-7H2. The number of nitrogens with one attached hydrogen (secondary N) is 1. The van der Waals surface area contributed by atoms with Gasteiger partial charge in [0.1, 0.15) is 0 Å². The van der Waals surface area contributed by atoms with Crippen LogP contribution in [0.1, 0.15) is 27.1 Å². The third-order valence-electron chi connectivity index (χ3n) is 2.40. The molecule has 1 aromatic carbocycles. The Morgan fingerprint density at radius 1 is 1.12 bits per heavy atom. The number of aliphatic hydroxyl groups is 1. The summed E-state index contributed by atoms with van der Waals surface area (Å²) < 4.78 is 0. The van der Waals surface area contributed by atoms with Crippen LogP contribution in [0.15, 0.2) is 24.3 Å². The SMILES string of the molecule is O=C1c2ccccc2C(=O)N1NCCCO. The van der Waals surface area contributed by atoms with Crippen molar-refractivity contribution in [2.45, 2.75) is 6.42 Å². The molecule has 0 bridgehead atoms. The van der Waals surface area contributed by atoms with Crippen LogP contribution in [0.5, 0.6) is 0 Å². The van der Waals surface area contributed by atoms with E-state index < -0.39 is 0 Å². The summed E-state index contributed by atoms with van der Waals surface area (Å²) in [4.78, 5) is 23.6. The first-order chi connectivity index (χ1) is 7.75. The Morgan fingerprint density at radius 3 is 2.19 bits per heavy atom. The van der Waals surface area contributed by atoms with Gasteiger partial charge >= 0.3 is 0 Å². The smallest absolute Gasteiger partial charge is 0.276 e. The van der Waals surface area contributed by atoms with Gasteiger partial charge in [0, 0.05) is 13.2 Å². The normalized spacial score (nSPS) is 14.4. The summed E-state index contributed by atoms with van der Waals surface area (Å²) in [5.41, 5.74) is 3.54. The number of fused-ring (bicyclic) bond motifs is 1. The van der Waals surface area contributed by atoms with Gasteiger partial charge in [-0.1, -0.05) is 12.1 Å². The minimum Gasteiger partial charge on any atom is -0.396 e. The Kier molecular flexibility index (Phi) is 2.98. The largest absolute Gasteiger partial charge is 0.396 e.